The molecule has 0 spiro atoms. The van der Waals surface area contributed by atoms with Crippen LogP contribution in [-0.2, 0) is 4.74 Å². The lowest BCUT2D eigenvalue weighted by atomic mass is 9.81. The van der Waals surface area contributed by atoms with Crippen molar-refractivity contribution < 1.29 is 4.74 Å². The van der Waals surface area contributed by atoms with Gasteiger partial charge in [-0.3, -0.25) is 4.90 Å². The summed E-state index contributed by atoms with van der Waals surface area (Å²) in [4.78, 5) is 2.72. The molecule has 1 saturated heterocycles. The molecule has 1 unspecified atom stereocenters. The van der Waals surface area contributed by atoms with Crippen LogP contribution in [0.1, 0.15) is 52.4 Å². The maximum atomic E-state index is 5.87. The van der Waals surface area contributed by atoms with Crippen LogP contribution < -0.4 is 5.32 Å². The Hall–Kier alpha value is -0.120. The minimum Gasteiger partial charge on any atom is -0.381 e. The number of hydrogen-bond donors (Lipinski definition) is 1. The van der Waals surface area contributed by atoms with Crippen molar-refractivity contribution in [2.45, 2.75) is 64.5 Å². The second-order valence-electron chi connectivity index (χ2n) is 7.78. The zero-order valence-electron chi connectivity index (χ0n) is 13.4. The molecular weight excluding hydrogens is 248 g/mol. The van der Waals surface area contributed by atoms with Gasteiger partial charge in [0.25, 0.3) is 0 Å². The summed E-state index contributed by atoms with van der Waals surface area (Å²) in [7, 11) is 0. The molecule has 0 radical (unpaired) electrons. The first-order valence-electron chi connectivity index (χ1n) is 8.72. The SMILES string of the molecule is CC(C)N(CC1CC1)CC1(CNC2CC2)CCCOC1. The Kier molecular flexibility index (Phi) is 4.68. The Morgan fingerprint density at radius 1 is 1.25 bits per heavy atom. The summed E-state index contributed by atoms with van der Waals surface area (Å²) >= 11 is 0. The van der Waals surface area contributed by atoms with Gasteiger partial charge in [0.15, 0.2) is 0 Å². The third-order valence-corrected chi connectivity index (χ3v) is 5.21. The molecule has 3 heteroatoms. The monoisotopic (exact) mass is 280 g/mol. The third-order valence-electron chi connectivity index (χ3n) is 5.21. The van der Waals surface area contributed by atoms with Crippen LogP contribution in [0.5, 0.6) is 0 Å². The highest BCUT2D eigenvalue weighted by Gasteiger charge is 2.38. The van der Waals surface area contributed by atoms with E-state index in [9.17, 15) is 0 Å². The predicted molar refractivity (Wildman–Crippen MR) is 82.9 cm³/mol. The molecule has 3 fully saturated rings. The lowest BCUT2D eigenvalue weighted by Gasteiger charge is -2.42. The van der Waals surface area contributed by atoms with Gasteiger partial charge in [0.05, 0.1) is 6.61 Å². The largest absolute Gasteiger partial charge is 0.381 e. The normalized spacial score (nSPS) is 31.2. The number of rotatable bonds is 8. The van der Waals surface area contributed by atoms with E-state index >= 15 is 0 Å². The average Bonchev–Trinajstić information content (AvgIpc) is 3.32. The van der Waals surface area contributed by atoms with Crippen molar-refractivity contribution in [2.24, 2.45) is 11.3 Å². The molecule has 1 heterocycles. The maximum Gasteiger partial charge on any atom is 0.0546 e. The molecule has 2 saturated carbocycles. The molecule has 1 N–H and O–H groups in total. The second kappa shape index (κ2) is 6.33. The van der Waals surface area contributed by atoms with E-state index in [1.165, 1.54) is 51.6 Å². The van der Waals surface area contributed by atoms with E-state index in [2.05, 4.69) is 24.1 Å². The van der Waals surface area contributed by atoms with E-state index in [1.54, 1.807) is 0 Å². The van der Waals surface area contributed by atoms with Crippen molar-refractivity contribution in [1.82, 2.24) is 10.2 Å². The first-order valence-corrected chi connectivity index (χ1v) is 8.72. The predicted octanol–water partition coefficient (Wildman–Crippen LogP) is 2.66. The van der Waals surface area contributed by atoms with Crippen molar-refractivity contribution in [1.29, 1.82) is 0 Å². The molecule has 0 aromatic heterocycles. The van der Waals surface area contributed by atoms with Crippen LogP contribution >= 0.6 is 0 Å². The van der Waals surface area contributed by atoms with Crippen LogP contribution in [0.4, 0.5) is 0 Å². The van der Waals surface area contributed by atoms with Crippen molar-refractivity contribution in [3.05, 3.63) is 0 Å². The zero-order chi connectivity index (χ0) is 14.0. The quantitative estimate of drug-likeness (QED) is 0.740. The number of ether oxygens (including phenoxy) is 1. The van der Waals surface area contributed by atoms with Crippen LogP contribution in [0.2, 0.25) is 0 Å². The summed E-state index contributed by atoms with van der Waals surface area (Å²) in [6.07, 6.45) is 8.24. The van der Waals surface area contributed by atoms with Crippen molar-refractivity contribution in [3.8, 4) is 0 Å². The van der Waals surface area contributed by atoms with Crippen molar-refractivity contribution >= 4 is 0 Å². The van der Waals surface area contributed by atoms with Crippen molar-refractivity contribution in [3.63, 3.8) is 0 Å². The van der Waals surface area contributed by atoms with E-state index < -0.39 is 0 Å². The van der Waals surface area contributed by atoms with Gasteiger partial charge in [0, 0.05) is 43.7 Å². The fourth-order valence-electron chi connectivity index (χ4n) is 3.40. The molecule has 20 heavy (non-hydrogen) atoms. The fraction of sp³-hybridized carbons (Fsp3) is 1.00. The Balaban J connectivity index is 1.59. The molecule has 2 aliphatic carbocycles. The van der Waals surface area contributed by atoms with Gasteiger partial charge < -0.3 is 10.1 Å². The molecular formula is C17H32N2O. The van der Waals surface area contributed by atoms with Gasteiger partial charge in [0.1, 0.15) is 0 Å². The van der Waals surface area contributed by atoms with E-state index in [1.807, 2.05) is 0 Å². The van der Waals surface area contributed by atoms with Crippen LogP contribution in [0.15, 0.2) is 0 Å². The summed E-state index contributed by atoms with van der Waals surface area (Å²) in [5, 5.41) is 3.77. The smallest absolute Gasteiger partial charge is 0.0546 e. The molecule has 0 bridgehead atoms. The van der Waals surface area contributed by atoms with Crippen LogP contribution in [-0.4, -0.2) is 49.8 Å². The van der Waals surface area contributed by atoms with Gasteiger partial charge in [-0.05, 0) is 58.3 Å². The molecule has 3 rings (SSSR count). The zero-order valence-corrected chi connectivity index (χ0v) is 13.4. The summed E-state index contributed by atoms with van der Waals surface area (Å²) in [6, 6.07) is 1.47. The highest BCUT2D eigenvalue weighted by molar-refractivity contribution is 4.92. The van der Waals surface area contributed by atoms with Gasteiger partial charge in [-0.25, -0.2) is 0 Å². The van der Waals surface area contributed by atoms with Crippen molar-refractivity contribution in [2.75, 3.05) is 32.8 Å². The molecule has 116 valence electrons. The minimum atomic E-state index is 0.361. The Morgan fingerprint density at radius 3 is 2.60 bits per heavy atom. The topological polar surface area (TPSA) is 24.5 Å². The summed E-state index contributed by atoms with van der Waals surface area (Å²) < 4.78 is 5.87. The summed E-state index contributed by atoms with van der Waals surface area (Å²) in [5.41, 5.74) is 0.361. The highest BCUT2D eigenvalue weighted by atomic mass is 16.5. The molecule has 0 amide bonds. The Labute approximate surface area is 124 Å². The first-order chi connectivity index (χ1) is 9.67. The lowest BCUT2D eigenvalue weighted by molar-refractivity contribution is -0.0317. The van der Waals surface area contributed by atoms with Gasteiger partial charge in [-0.1, -0.05) is 0 Å². The number of nitrogens with zero attached hydrogens (tertiary/aromatic N) is 1. The molecule has 3 nitrogen and oxygen atoms in total. The van der Waals surface area contributed by atoms with Crippen LogP contribution in [0, 0.1) is 11.3 Å². The molecule has 1 atom stereocenters. The fourth-order valence-corrected chi connectivity index (χ4v) is 3.40. The number of hydrogen-bond acceptors (Lipinski definition) is 3. The van der Waals surface area contributed by atoms with Gasteiger partial charge in [-0.2, -0.15) is 0 Å². The van der Waals surface area contributed by atoms with Gasteiger partial charge in [0.2, 0.25) is 0 Å². The molecule has 1 aliphatic heterocycles. The Morgan fingerprint density at radius 2 is 2.05 bits per heavy atom. The number of nitrogens with one attached hydrogen (secondary N) is 1. The van der Waals surface area contributed by atoms with Crippen LogP contribution in [0.25, 0.3) is 0 Å². The van der Waals surface area contributed by atoms with Gasteiger partial charge in [-0.15, -0.1) is 0 Å². The standard InChI is InChI=1S/C17H32N2O/c1-14(2)19(10-15-4-5-15)12-17(8-3-9-20-13-17)11-18-16-6-7-16/h14-16,18H,3-13H2,1-2H3. The molecule has 0 aromatic carbocycles. The molecule has 0 aromatic rings. The second-order valence-corrected chi connectivity index (χ2v) is 7.78. The summed E-state index contributed by atoms with van der Waals surface area (Å²) in [6.45, 7) is 10.3. The van der Waals surface area contributed by atoms with Gasteiger partial charge >= 0.3 is 0 Å². The first kappa shape index (κ1) is 14.8. The van der Waals surface area contributed by atoms with E-state index in [-0.39, 0.29) is 0 Å². The van der Waals surface area contributed by atoms with E-state index in [0.717, 1.165) is 31.7 Å². The third kappa shape index (κ3) is 4.19. The summed E-state index contributed by atoms with van der Waals surface area (Å²) in [5.74, 6) is 0.982. The minimum absolute atomic E-state index is 0.361. The van der Waals surface area contributed by atoms with Crippen LogP contribution in [0.3, 0.4) is 0 Å². The average molecular weight is 280 g/mol. The molecule has 3 aliphatic rings. The van der Waals surface area contributed by atoms with E-state index in [4.69, 9.17) is 4.74 Å². The maximum absolute atomic E-state index is 5.87. The lowest BCUT2D eigenvalue weighted by Crippen LogP contribution is -2.51. The van der Waals surface area contributed by atoms with E-state index in [0.29, 0.717) is 11.5 Å². The Bertz CT molecular complexity index is 304. The highest BCUT2D eigenvalue weighted by Crippen LogP contribution is 2.35.